The maximum Gasteiger partial charge on any atom is 0.251 e. The molecule has 3 aromatic rings. The molecule has 1 fully saturated rings. The molecule has 2 amide bonds. The number of anilines is 1. The lowest BCUT2D eigenvalue weighted by Gasteiger charge is -2.39. The Morgan fingerprint density at radius 2 is 1.92 bits per heavy atom. The van der Waals surface area contributed by atoms with Gasteiger partial charge >= 0.3 is 0 Å². The molecule has 0 aliphatic carbocycles. The van der Waals surface area contributed by atoms with Gasteiger partial charge in [0.2, 0.25) is 5.91 Å². The first-order valence-electron chi connectivity index (χ1n) is 12.6. The number of halogens is 1. The highest BCUT2D eigenvalue weighted by molar-refractivity contribution is 7.10. The average molecular weight is 540 g/mol. The summed E-state index contributed by atoms with van der Waals surface area (Å²) in [5.74, 6) is 1.28. The van der Waals surface area contributed by atoms with Crippen LogP contribution >= 0.6 is 22.9 Å². The number of alkyl halides is 1. The molecule has 1 aromatic heterocycles. The van der Waals surface area contributed by atoms with E-state index >= 15 is 0 Å². The Morgan fingerprint density at radius 3 is 2.57 bits per heavy atom. The van der Waals surface area contributed by atoms with Crippen molar-refractivity contribution >= 4 is 40.4 Å². The van der Waals surface area contributed by atoms with Crippen molar-refractivity contribution in [3.8, 4) is 11.5 Å². The van der Waals surface area contributed by atoms with Crippen LogP contribution in [0.15, 0.2) is 66.0 Å². The van der Waals surface area contributed by atoms with E-state index in [-0.39, 0.29) is 23.7 Å². The van der Waals surface area contributed by atoms with Crippen LogP contribution in [-0.4, -0.2) is 48.3 Å². The van der Waals surface area contributed by atoms with Gasteiger partial charge in [0.05, 0.1) is 0 Å². The minimum atomic E-state index is -0.788. The zero-order valence-electron chi connectivity index (χ0n) is 21.5. The molecule has 2 aromatic carbocycles. The van der Waals surface area contributed by atoms with Gasteiger partial charge in [-0.25, -0.2) is 0 Å². The van der Waals surface area contributed by atoms with Crippen LogP contribution in [0.3, 0.4) is 0 Å². The molecule has 0 bridgehead atoms. The fourth-order valence-corrected chi connectivity index (χ4v) is 5.74. The number of hydrogen-bond donors (Lipinski definition) is 1. The standard InChI is InChI=1S/C29H34ClN3O3S/c1-20(2)16-22-19-32(14-13-31-22)29(35)28(26-10-7-15-37-26)33(27(34)18-30)25-12-11-24(17-21(25)3)36-23-8-5-4-6-9-23/h4-12,15,17,20,22,28,31H,13-14,16,18-19H2,1-3H3/t22?,28-/m0/s1. The summed E-state index contributed by atoms with van der Waals surface area (Å²) in [5, 5.41) is 5.46. The Kier molecular flexibility index (Phi) is 9.24. The second-order valence-corrected chi connectivity index (χ2v) is 11.0. The van der Waals surface area contributed by atoms with Crippen molar-refractivity contribution in [2.24, 2.45) is 5.92 Å². The summed E-state index contributed by atoms with van der Waals surface area (Å²) in [5.41, 5.74) is 1.46. The maximum absolute atomic E-state index is 14.1. The van der Waals surface area contributed by atoms with Gasteiger partial charge in [-0.15, -0.1) is 22.9 Å². The topological polar surface area (TPSA) is 61.9 Å². The molecule has 1 saturated heterocycles. The number of para-hydroxylation sites is 1. The number of benzene rings is 2. The summed E-state index contributed by atoms with van der Waals surface area (Å²) in [6.07, 6.45) is 0.986. The second-order valence-electron chi connectivity index (χ2n) is 9.74. The largest absolute Gasteiger partial charge is 0.457 e. The summed E-state index contributed by atoms with van der Waals surface area (Å²) in [6, 6.07) is 18.3. The Labute approximate surface area is 228 Å². The lowest BCUT2D eigenvalue weighted by molar-refractivity contribution is -0.135. The highest BCUT2D eigenvalue weighted by Crippen LogP contribution is 2.36. The van der Waals surface area contributed by atoms with Gasteiger partial charge in [-0.3, -0.25) is 14.5 Å². The molecular weight excluding hydrogens is 506 g/mol. The first-order chi connectivity index (χ1) is 17.9. The molecule has 0 spiro atoms. The number of hydrogen-bond acceptors (Lipinski definition) is 5. The van der Waals surface area contributed by atoms with Gasteiger partial charge in [0.1, 0.15) is 23.4 Å². The van der Waals surface area contributed by atoms with Crippen LogP contribution in [-0.2, 0) is 9.59 Å². The first-order valence-corrected chi connectivity index (χ1v) is 14.1. The highest BCUT2D eigenvalue weighted by atomic mass is 35.5. The number of nitrogens with one attached hydrogen (secondary N) is 1. The number of rotatable bonds is 9. The molecular formula is C29H34ClN3O3S. The normalized spacial score (nSPS) is 16.5. The molecule has 0 radical (unpaired) electrons. The minimum absolute atomic E-state index is 0.0832. The Morgan fingerprint density at radius 1 is 1.14 bits per heavy atom. The molecule has 1 aliphatic heterocycles. The van der Waals surface area contributed by atoms with Gasteiger partial charge in [-0.1, -0.05) is 38.1 Å². The number of carbonyl (C=O) groups excluding carboxylic acids is 2. The molecule has 4 rings (SSSR count). The average Bonchev–Trinajstić information content (AvgIpc) is 3.42. The number of carbonyl (C=O) groups is 2. The van der Waals surface area contributed by atoms with E-state index in [1.165, 1.54) is 11.3 Å². The lowest BCUT2D eigenvalue weighted by atomic mass is 10.0. The van der Waals surface area contributed by atoms with E-state index < -0.39 is 6.04 Å². The van der Waals surface area contributed by atoms with Crippen LogP contribution in [0.5, 0.6) is 11.5 Å². The molecule has 1 aliphatic rings. The van der Waals surface area contributed by atoms with Crippen molar-refractivity contribution in [2.45, 2.75) is 39.3 Å². The maximum atomic E-state index is 14.1. The number of piperazine rings is 1. The van der Waals surface area contributed by atoms with E-state index in [4.69, 9.17) is 16.3 Å². The van der Waals surface area contributed by atoms with Crippen LogP contribution in [0.2, 0.25) is 0 Å². The molecule has 1 unspecified atom stereocenters. The zero-order chi connectivity index (χ0) is 26.4. The van der Waals surface area contributed by atoms with Crippen LogP contribution in [0, 0.1) is 12.8 Å². The zero-order valence-corrected chi connectivity index (χ0v) is 23.1. The molecule has 0 saturated carbocycles. The second kappa shape index (κ2) is 12.6. The van der Waals surface area contributed by atoms with Crippen LogP contribution < -0.4 is 15.0 Å². The molecule has 37 heavy (non-hydrogen) atoms. The molecule has 6 nitrogen and oxygen atoms in total. The SMILES string of the molecule is Cc1cc(Oc2ccccc2)ccc1N(C(=O)CCl)[C@H](C(=O)N1CCNC(CC(C)C)C1)c1cccs1. The van der Waals surface area contributed by atoms with E-state index in [2.05, 4.69) is 19.2 Å². The Hall–Kier alpha value is -2.87. The smallest absolute Gasteiger partial charge is 0.251 e. The van der Waals surface area contributed by atoms with Gasteiger partial charge in [0.25, 0.3) is 5.91 Å². The van der Waals surface area contributed by atoms with Crippen LogP contribution in [0.1, 0.15) is 36.8 Å². The van der Waals surface area contributed by atoms with E-state index in [9.17, 15) is 9.59 Å². The van der Waals surface area contributed by atoms with Crippen LogP contribution in [0.25, 0.3) is 0 Å². The Balaban J connectivity index is 1.67. The fraction of sp³-hybridized carbons (Fsp3) is 0.379. The molecule has 2 heterocycles. The van der Waals surface area contributed by atoms with Crippen molar-refractivity contribution < 1.29 is 14.3 Å². The molecule has 196 valence electrons. The van der Waals surface area contributed by atoms with Gasteiger partial charge in [0, 0.05) is 36.2 Å². The monoisotopic (exact) mass is 539 g/mol. The van der Waals surface area contributed by atoms with Crippen molar-refractivity contribution in [2.75, 3.05) is 30.4 Å². The first kappa shape index (κ1) is 27.2. The predicted octanol–water partition coefficient (Wildman–Crippen LogP) is 6.01. The summed E-state index contributed by atoms with van der Waals surface area (Å²) < 4.78 is 5.99. The van der Waals surface area contributed by atoms with Crippen LogP contribution in [0.4, 0.5) is 5.69 Å². The summed E-state index contributed by atoms with van der Waals surface area (Å²) in [6.45, 7) is 8.23. The fourth-order valence-electron chi connectivity index (χ4n) is 4.80. The van der Waals surface area contributed by atoms with Crippen molar-refractivity contribution in [1.29, 1.82) is 0 Å². The van der Waals surface area contributed by atoms with E-state index in [1.54, 1.807) is 4.90 Å². The van der Waals surface area contributed by atoms with Crippen molar-refractivity contribution in [3.63, 3.8) is 0 Å². The highest BCUT2D eigenvalue weighted by Gasteiger charge is 2.38. The van der Waals surface area contributed by atoms with Gasteiger partial charge in [0.15, 0.2) is 0 Å². The molecule has 8 heteroatoms. The lowest BCUT2D eigenvalue weighted by Crippen LogP contribution is -2.56. The number of thiophene rings is 1. The van der Waals surface area contributed by atoms with Gasteiger partial charge < -0.3 is 15.0 Å². The number of nitrogens with zero attached hydrogens (tertiary/aromatic N) is 2. The van der Waals surface area contributed by atoms with E-state index in [1.807, 2.05) is 77.9 Å². The van der Waals surface area contributed by atoms with Gasteiger partial charge in [-0.05, 0) is 66.6 Å². The minimum Gasteiger partial charge on any atom is -0.457 e. The third-order valence-corrected chi connectivity index (χ3v) is 7.57. The Bertz CT molecular complexity index is 1190. The number of aryl methyl sites for hydroxylation is 1. The number of amides is 2. The number of ether oxygens (including phenoxy) is 1. The van der Waals surface area contributed by atoms with E-state index in [0.717, 1.165) is 29.2 Å². The third-order valence-electron chi connectivity index (χ3n) is 6.42. The summed E-state index contributed by atoms with van der Waals surface area (Å²) >= 11 is 7.59. The summed E-state index contributed by atoms with van der Waals surface area (Å²) in [7, 11) is 0. The summed E-state index contributed by atoms with van der Waals surface area (Å²) in [4.78, 5) is 31.8. The van der Waals surface area contributed by atoms with E-state index in [0.29, 0.717) is 30.4 Å². The van der Waals surface area contributed by atoms with Crippen molar-refractivity contribution in [3.05, 3.63) is 76.5 Å². The van der Waals surface area contributed by atoms with Crippen molar-refractivity contribution in [1.82, 2.24) is 10.2 Å². The molecule has 1 N–H and O–H groups in total. The predicted molar refractivity (Wildman–Crippen MR) is 151 cm³/mol. The van der Waals surface area contributed by atoms with Gasteiger partial charge in [-0.2, -0.15) is 0 Å². The third kappa shape index (κ3) is 6.72. The molecule has 2 atom stereocenters. The quantitative estimate of drug-likeness (QED) is 0.338.